The van der Waals surface area contributed by atoms with Crippen LogP contribution in [0.5, 0.6) is 5.75 Å². The highest BCUT2D eigenvalue weighted by molar-refractivity contribution is 6.30. The van der Waals surface area contributed by atoms with E-state index in [9.17, 15) is 0 Å². The summed E-state index contributed by atoms with van der Waals surface area (Å²) in [4.78, 5) is 2.54. The number of hydrogen-bond donors (Lipinski definition) is 0. The molecule has 29 heavy (non-hydrogen) atoms. The highest BCUT2D eigenvalue weighted by Crippen LogP contribution is 2.50. The van der Waals surface area contributed by atoms with Crippen molar-refractivity contribution in [1.82, 2.24) is 9.91 Å². The molecular formula is C24H28ClN3O. The van der Waals surface area contributed by atoms with Gasteiger partial charge in [0.1, 0.15) is 5.75 Å². The molecule has 1 unspecified atom stereocenters. The van der Waals surface area contributed by atoms with Crippen LogP contribution >= 0.6 is 11.6 Å². The molecule has 0 radical (unpaired) electrons. The van der Waals surface area contributed by atoms with E-state index in [-0.39, 0.29) is 11.8 Å². The van der Waals surface area contributed by atoms with Crippen LogP contribution in [0.3, 0.4) is 0 Å². The Balaban J connectivity index is 1.52. The maximum absolute atomic E-state index is 6.69. The number of halogens is 1. The molecule has 1 atom stereocenters. The summed E-state index contributed by atoms with van der Waals surface area (Å²) in [5.41, 5.74) is 4.41. The van der Waals surface area contributed by atoms with Crippen molar-refractivity contribution in [1.29, 1.82) is 0 Å². The van der Waals surface area contributed by atoms with Gasteiger partial charge in [0.05, 0.1) is 11.8 Å². The second-order valence-electron chi connectivity index (χ2n) is 8.55. The fourth-order valence-electron chi connectivity index (χ4n) is 4.95. The first-order valence-corrected chi connectivity index (χ1v) is 11.1. The number of hydrogen-bond acceptors (Lipinski definition) is 4. The smallest absolute Gasteiger partial charge is 0.200 e. The van der Waals surface area contributed by atoms with Crippen LogP contribution in [-0.4, -0.2) is 41.0 Å². The van der Waals surface area contributed by atoms with Gasteiger partial charge in [-0.2, -0.15) is 5.10 Å². The number of hydrazone groups is 1. The molecule has 3 aliphatic heterocycles. The van der Waals surface area contributed by atoms with Crippen molar-refractivity contribution in [3.8, 4) is 5.75 Å². The maximum atomic E-state index is 6.69. The standard InChI is InChI=1S/C24H28ClN3O/c1-3-12-27-13-10-24(11-14-27)28-22(20-15-19(25)8-9-23(20)29-24)16-21(26-28)18-6-4-17(2)5-7-18/h4-9,15,22H,3,10-14,16H2,1-2H3. The molecule has 0 amide bonds. The molecule has 5 rings (SSSR count). The number of likely N-dealkylation sites (tertiary alicyclic amines) is 1. The largest absolute Gasteiger partial charge is 0.466 e. The normalized spacial score (nSPS) is 22.8. The van der Waals surface area contributed by atoms with Gasteiger partial charge in [0.25, 0.3) is 0 Å². The van der Waals surface area contributed by atoms with Gasteiger partial charge >= 0.3 is 0 Å². The average molecular weight is 410 g/mol. The van der Waals surface area contributed by atoms with Crippen LogP contribution < -0.4 is 4.74 Å². The van der Waals surface area contributed by atoms with Gasteiger partial charge in [-0.05, 0) is 43.7 Å². The zero-order chi connectivity index (χ0) is 20.0. The van der Waals surface area contributed by atoms with Crippen molar-refractivity contribution in [2.24, 2.45) is 5.10 Å². The number of piperidine rings is 1. The zero-order valence-corrected chi connectivity index (χ0v) is 18.0. The number of nitrogens with zero attached hydrogens (tertiary/aromatic N) is 3. The third kappa shape index (κ3) is 3.32. The lowest BCUT2D eigenvalue weighted by Gasteiger charge is -2.51. The molecule has 5 heteroatoms. The van der Waals surface area contributed by atoms with Crippen molar-refractivity contribution in [3.63, 3.8) is 0 Å². The third-order valence-corrected chi connectivity index (χ3v) is 6.76. The Hall–Kier alpha value is -2.04. The lowest BCUT2D eigenvalue weighted by Crippen LogP contribution is -2.59. The van der Waals surface area contributed by atoms with E-state index in [1.54, 1.807) is 0 Å². The van der Waals surface area contributed by atoms with Crippen LogP contribution in [0, 0.1) is 6.92 Å². The molecule has 3 heterocycles. The van der Waals surface area contributed by atoms with Crippen molar-refractivity contribution in [2.75, 3.05) is 19.6 Å². The van der Waals surface area contributed by atoms with E-state index in [4.69, 9.17) is 21.4 Å². The topological polar surface area (TPSA) is 28.1 Å². The van der Waals surface area contributed by atoms with E-state index in [1.165, 1.54) is 17.5 Å². The third-order valence-electron chi connectivity index (χ3n) is 6.52. The second-order valence-corrected chi connectivity index (χ2v) is 8.99. The maximum Gasteiger partial charge on any atom is 0.200 e. The lowest BCUT2D eigenvalue weighted by atomic mass is 9.90. The summed E-state index contributed by atoms with van der Waals surface area (Å²) in [5, 5.41) is 8.17. The molecule has 152 valence electrons. The number of benzene rings is 2. The Morgan fingerprint density at radius 1 is 1.14 bits per heavy atom. The fraction of sp³-hybridized carbons (Fsp3) is 0.458. The van der Waals surface area contributed by atoms with Crippen LogP contribution in [-0.2, 0) is 0 Å². The molecule has 0 saturated carbocycles. The Labute approximate surface area is 178 Å². The second kappa shape index (κ2) is 7.33. The molecule has 1 saturated heterocycles. The Morgan fingerprint density at radius 3 is 2.62 bits per heavy atom. The predicted octanol–water partition coefficient (Wildman–Crippen LogP) is 5.39. The van der Waals surface area contributed by atoms with Gasteiger partial charge in [-0.25, -0.2) is 5.01 Å². The van der Waals surface area contributed by atoms with E-state index in [2.05, 4.69) is 54.1 Å². The summed E-state index contributed by atoms with van der Waals surface area (Å²) in [7, 11) is 0. The van der Waals surface area contributed by atoms with Crippen molar-refractivity contribution in [3.05, 3.63) is 64.2 Å². The Morgan fingerprint density at radius 2 is 1.90 bits per heavy atom. The highest BCUT2D eigenvalue weighted by Gasteiger charge is 2.51. The number of aryl methyl sites for hydroxylation is 1. The quantitative estimate of drug-likeness (QED) is 0.679. The van der Waals surface area contributed by atoms with Gasteiger partial charge in [0.15, 0.2) is 0 Å². The van der Waals surface area contributed by atoms with Gasteiger partial charge in [-0.15, -0.1) is 0 Å². The van der Waals surface area contributed by atoms with Crippen LogP contribution in [0.2, 0.25) is 5.02 Å². The van der Waals surface area contributed by atoms with E-state index in [0.717, 1.165) is 60.9 Å². The van der Waals surface area contributed by atoms with Gasteiger partial charge in [-0.3, -0.25) is 0 Å². The predicted molar refractivity (Wildman–Crippen MR) is 118 cm³/mol. The molecule has 0 aromatic heterocycles. The van der Waals surface area contributed by atoms with Crippen molar-refractivity contribution < 1.29 is 4.74 Å². The summed E-state index contributed by atoms with van der Waals surface area (Å²) in [6.45, 7) is 7.62. The Kier molecular flexibility index (Phi) is 4.79. The minimum Gasteiger partial charge on any atom is -0.466 e. The van der Waals surface area contributed by atoms with E-state index < -0.39 is 0 Å². The molecule has 4 nitrogen and oxygen atoms in total. The first-order valence-electron chi connectivity index (χ1n) is 10.7. The van der Waals surface area contributed by atoms with Crippen molar-refractivity contribution >= 4 is 17.3 Å². The first-order chi connectivity index (χ1) is 14.1. The summed E-state index contributed by atoms with van der Waals surface area (Å²) in [5.74, 6) is 0.972. The van der Waals surface area contributed by atoms with Crippen LogP contribution in [0.25, 0.3) is 0 Å². The number of rotatable bonds is 3. The minimum atomic E-state index is -0.359. The summed E-state index contributed by atoms with van der Waals surface area (Å²) in [6, 6.07) is 14.9. The van der Waals surface area contributed by atoms with Gasteiger partial charge in [0.2, 0.25) is 5.72 Å². The van der Waals surface area contributed by atoms with Gasteiger partial charge in [0, 0.05) is 42.9 Å². The molecule has 0 bridgehead atoms. The number of fused-ring (bicyclic) bond motifs is 4. The molecule has 2 aromatic carbocycles. The monoisotopic (exact) mass is 409 g/mol. The van der Waals surface area contributed by atoms with Gasteiger partial charge in [-0.1, -0.05) is 48.4 Å². The molecular weight excluding hydrogens is 382 g/mol. The van der Waals surface area contributed by atoms with E-state index >= 15 is 0 Å². The van der Waals surface area contributed by atoms with Crippen molar-refractivity contribution in [2.45, 2.75) is 51.3 Å². The SMILES string of the molecule is CCCN1CCC2(CC1)Oc1ccc(Cl)cc1C1CC(c3ccc(C)cc3)=NN12. The molecule has 0 N–H and O–H groups in total. The summed E-state index contributed by atoms with van der Waals surface area (Å²) >= 11 is 6.35. The molecule has 3 aliphatic rings. The van der Waals surface area contributed by atoms with Crippen LogP contribution in [0.1, 0.15) is 55.3 Å². The minimum absolute atomic E-state index is 0.187. The summed E-state index contributed by atoms with van der Waals surface area (Å²) < 4.78 is 6.69. The van der Waals surface area contributed by atoms with E-state index in [0.29, 0.717) is 0 Å². The first kappa shape index (κ1) is 19.0. The number of ether oxygens (including phenoxy) is 1. The average Bonchev–Trinajstić information content (AvgIpc) is 3.18. The molecule has 2 aromatic rings. The van der Waals surface area contributed by atoms with Gasteiger partial charge < -0.3 is 9.64 Å². The summed E-state index contributed by atoms with van der Waals surface area (Å²) in [6.07, 6.45) is 4.02. The lowest BCUT2D eigenvalue weighted by molar-refractivity contribution is -0.149. The molecule has 1 spiro atoms. The molecule has 0 aliphatic carbocycles. The zero-order valence-electron chi connectivity index (χ0n) is 17.2. The highest BCUT2D eigenvalue weighted by atomic mass is 35.5. The Bertz CT molecular complexity index is 932. The van der Waals surface area contributed by atoms with Crippen LogP contribution in [0.4, 0.5) is 0 Å². The molecule has 1 fully saturated rings. The fourth-order valence-corrected chi connectivity index (χ4v) is 5.13. The van der Waals surface area contributed by atoms with Crippen LogP contribution in [0.15, 0.2) is 47.6 Å². The van der Waals surface area contributed by atoms with E-state index in [1.807, 2.05) is 12.1 Å².